The number of unbranched alkanes of at least 4 members (excludes halogenated alkanes) is 1. The average molecular weight is 168 g/mol. The van der Waals surface area contributed by atoms with E-state index in [0.29, 0.717) is 6.42 Å². The lowest BCUT2D eigenvalue weighted by atomic mass is 10.2. The zero-order valence-corrected chi connectivity index (χ0v) is 7.04. The molecule has 66 valence electrons. The zero-order chi connectivity index (χ0) is 8.81. The van der Waals surface area contributed by atoms with Gasteiger partial charge in [-0.1, -0.05) is 13.3 Å². The quantitative estimate of drug-likeness (QED) is 0.745. The number of aromatic nitrogens is 1. The van der Waals surface area contributed by atoms with E-state index in [-0.39, 0.29) is 11.9 Å². The van der Waals surface area contributed by atoms with Gasteiger partial charge in [0.1, 0.15) is 6.26 Å². The number of nitrogens with zero attached hydrogens (tertiary/aromatic N) is 1. The highest BCUT2D eigenvalue weighted by Gasteiger charge is 2.03. The van der Waals surface area contributed by atoms with E-state index in [2.05, 4.69) is 10.3 Å². The van der Waals surface area contributed by atoms with Crippen LogP contribution in [0.25, 0.3) is 0 Å². The van der Waals surface area contributed by atoms with Crippen molar-refractivity contribution in [3.63, 3.8) is 0 Å². The Balaban J connectivity index is 2.27. The highest BCUT2D eigenvalue weighted by Crippen LogP contribution is 2.03. The number of amides is 1. The fourth-order valence-electron chi connectivity index (χ4n) is 0.804. The van der Waals surface area contributed by atoms with Gasteiger partial charge in [-0.25, -0.2) is 4.98 Å². The number of anilines is 1. The Kier molecular flexibility index (Phi) is 3.32. The molecule has 0 saturated carbocycles. The lowest BCUT2D eigenvalue weighted by molar-refractivity contribution is -0.116. The predicted molar refractivity (Wildman–Crippen MR) is 44.7 cm³/mol. The van der Waals surface area contributed by atoms with Crippen molar-refractivity contribution in [1.29, 1.82) is 0 Å². The van der Waals surface area contributed by atoms with E-state index in [4.69, 9.17) is 4.42 Å². The molecule has 1 amide bonds. The molecule has 4 heteroatoms. The van der Waals surface area contributed by atoms with Gasteiger partial charge in [0.2, 0.25) is 5.91 Å². The van der Waals surface area contributed by atoms with E-state index in [1.165, 1.54) is 12.5 Å². The summed E-state index contributed by atoms with van der Waals surface area (Å²) in [5, 5.41) is 2.54. The van der Waals surface area contributed by atoms with Crippen LogP contribution in [-0.4, -0.2) is 10.9 Å². The average Bonchev–Trinajstić information content (AvgIpc) is 2.53. The number of carbonyl (C=O) groups excluding carboxylic acids is 1. The summed E-state index contributed by atoms with van der Waals surface area (Å²) in [5.41, 5.74) is 0. The Hall–Kier alpha value is -1.32. The topological polar surface area (TPSA) is 55.1 Å². The Morgan fingerprint density at radius 3 is 3.17 bits per heavy atom. The van der Waals surface area contributed by atoms with Gasteiger partial charge in [0.15, 0.2) is 0 Å². The molecule has 0 bridgehead atoms. The minimum absolute atomic E-state index is 0.0423. The highest BCUT2D eigenvalue weighted by molar-refractivity contribution is 5.88. The number of oxazole rings is 1. The minimum Gasteiger partial charge on any atom is -0.432 e. The number of rotatable bonds is 4. The van der Waals surface area contributed by atoms with Crippen molar-refractivity contribution in [2.75, 3.05) is 5.32 Å². The van der Waals surface area contributed by atoms with Crippen molar-refractivity contribution in [2.24, 2.45) is 0 Å². The van der Waals surface area contributed by atoms with Gasteiger partial charge >= 0.3 is 6.01 Å². The normalized spacial score (nSPS) is 9.75. The van der Waals surface area contributed by atoms with Crippen LogP contribution in [0.5, 0.6) is 0 Å². The second-order valence-electron chi connectivity index (χ2n) is 2.49. The fourth-order valence-corrected chi connectivity index (χ4v) is 0.804. The molecule has 0 unspecified atom stereocenters. The summed E-state index contributed by atoms with van der Waals surface area (Å²) in [6.07, 6.45) is 5.36. The summed E-state index contributed by atoms with van der Waals surface area (Å²) in [4.78, 5) is 14.8. The molecule has 12 heavy (non-hydrogen) atoms. The van der Waals surface area contributed by atoms with Crippen LogP contribution in [0.3, 0.4) is 0 Å². The standard InChI is InChI=1S/C8H12N2O2/c1-2-3-4-7(11)10-8-9-5-6-12-8/h5-6H,2-4H2,1H3,(H,9,10,11). The first-order chi connectivity index (χ1) is 5.83. The van der Waals surface area contributed by atoms with Crippen LogP contribution in [0.2, 0.25) is 0 Å². The molecule has 4 nitrogen and oxygen atoms in total. The van der Waals surface area contributed by atoms with Crippen molar-refractivity contribution in [1.82, 2.24) is 4.98 Å². The van der Waals surface area contributed by atoms with Crippen LogP contribution in [0.4, 0.5) is 6.01 Å². The van der Waals surface area contributed by atoms with E-state index < -0.39 is 0 Å². The van der Waals surface area contributed by atoms with Gasteiger partial charge in [0, 0.05) is 6.42 Å². The minimum atomic E-state index is -0.0423. The molecule has 1 N–H and O–H groups in total. The van der Waals surface area contributed by atoms with E-state index in [9.17, 15) is 4.79 Å². The van der Waals surface area contributed by atoms with Crippen LogP contribution >= 0.6 is 0 Å². The summed E-state index contributed by atoms with van der Waals surface area (Å²) >= 11 is 0. The van der Waals surface area contributed by atoms with Crippen LogP contribution in [0.1, 0.15) is 26.2 Å². The SMILES string of the molecule is CCCCC(=O)Nc1ncco1. The summed E-state index contributed by atoms with van der Waals surface area (Å²) in [7, 11) is 0. The van der Waals surface area contributed by atoms with Crippen molar-refractivity contribution in [2.45, 2.75) is 26.2 Å². The summed E-state index contributed by atoms with van der Waals surface area (Å²) in [5.74, 6) is -0.0423. The van der Waals surface area contributed by atoms with Gasteiger partial charge in [-0.3, -0.25) is 10.1 Å². The van der Waals surface area contributed by atoms with Gasteiger partial charge < -0.3 is 4.42 Å². The monoisotopic (exact) mass is 168 g/mol. The molecule has 1 aromatic rings. The van der Waals surface area contributed by atoms with E-state index in [0.717, 1.165) is 12.8 Å². The van der Waals surface area contributed by atoms with Crippen LogP contribution in [-0.2, 0) is 4.79 Å². The van der Waals surface area contributed by atoms with Gasteiger partial charge in [0.05, 0.1) is 6.20 Å². The Morgan fingerprint density at radius 1 is 1.75 bits per heavy atom. The molecule has 0 aromatic carbocycles. The third-order valence-corrected chi connectivity index (χ3v) is 1.44. The predicted octanol–water partition coefficient (Wildman–Crippen LogP) is 1.80. The summed E-state index contributed by atoms with van der Waals surface area (Å²) in [6, 6.07) is 0.274. The van der Waals surface area contributed by atoms with Crippen molar-refractivity contribution >= 4 is 11.9 Å². The largest absolute Gasteiger partial charge is 0.432 e. The second-order valence-corrected chi connectivity index (χ2v) is 2.49. The number of hydrogen-bond acceptors (Lipinski definition) is 3. The van der Waals surface area contributed by atoms with Crippen LogP contribution in [0.15, 0.2) is 16.9 Å². The molecule has 0 aliphatic heterocycles. The number of hydrogen-bond donors (Lipinski definition) is 1. The fraction of sp³-hybridized carbons (Fsp3) is 0.500. The van der Waals surface area contributed by atoms with Crippen molar-refractivity contribution in [3.05, 3.63) is 12.5 Å². The maximum atomic E-state index is 11.1. The third kappa shape index (κ3) is 2.74. The van der Waals surface area contributed by atoms with Crippen LogP contribution < -0.4 is 5.32 Å². The molecule has 0 radical (unpaired) electrons. The lowest BCUT2D eigenvalue weighted by Gasteiger charge is -1.97. The lowest BCUT2D eigenvalue weighted by Crippen LogP contribution is -2.10. The van der Waals surface area contributed by atoms with Gasteiger partial charge in [0.25, 0.3) is 0 Å². The Morgan fingerprint density at radius 2 is 2.58 bits per heavy atom. The maximum Gasteiger partial charge on any atom is 0.301 e. The molecule has 0 aliphatic rings. The Bertz CT molecular complexity index is 231. The first kappa shape index (κ1) is 8.77. The van der Waals surface area contributed by atoms with E-state index >= 15 is 0 Å². The first-order valence-corrected chi connectivity index (χ1v) is 4.02. The Labute approximate surface area is 71.0 Å². The first-order valence-electron chi connectivity index (χ1n) is 4.02. The molecule has 0 spiro atoms. The molecule has 0 atom stereocenters. The number of nitrogens with one attached hydrogen (secondary N) is 1. The molecule has 1 rings (SSSR count). The van der Waals surface area contributed by atoms with Crippen molar-refractivity contribution in [3.8, 4) is 0 Å². The number of carbonyl (C=O) groups is 1. The molecule has 1 aromatic heterocycles. The van der Waals surface area contributed by atoms with E-state index in [1.54, 1.807) is 0 Å². The second kappa shape index (κ2) is 4.54. The van der Waals surface area contributed by atoms with Gasteiger partial charge in [-0.2, -0.15) is 0 Å². The molecular weight excluding hydrogens is 156 g/mol. The molecule has 0 saturated heterocycles. The zero-order valence-electron chi connectivity index (χ0n) is 7.04. The van der Waals surface area contributed by atoms with Gasteiger partial charge in [-0.05, 0) is 6.42 Å². The smallest absolute Gasteiger partial charge is 0.301 e. The molecule has 0 fully saturated rings. The summed E-state index contributed by atoms with van der Waals surface area (Å²) in [6.45, 7) is 2.04. The van der Waals surface area contributed by atoms with E-state index in [1.807, 2.05) is 6.92 Å². The van der Waals surface area contributed by atoms with Crippen LogP contribution in [0, 0.1) is 0 Å². The third-order valence-electron chi connectivity index (χ3n) is 1.44. The van der Waals surface area contributed by atoms with Crippen molar-refractivity contribution < 1.29 is 9.21 Å². The molecule has 1 heterocycles. The highest BCUT2D eigenvalue weighted by atomic mass is 16.4. The molecule has 0 aliphatic carbocycles. The molecular formula is C8H12N2O2. The maximum absolute atomic E-state index is 11.1. The van der Waals surface area contributed by atoms with Gasteiger partial charge in [-0.15, -0.1) is 0 Å². The summed E-state index contributed by atoms with van der Waals surface area (Å²) < 4.78 is 4.84.